The van der Waals surface area contributed by atoms with E-state index in [4.69, 9.17) is 14.3 Å². The second-order valence-corrected chi connectivity index (χ2v) is 6.85. The number of hydrogen-bond donors (Lipinski definition) is 3. The standard InChI is InChI=1S/C11H11F2N5OS.C2HF3O2/c12-7(13)9-18-17-8(19-9)6-3-14-10(20-6)11-1-5(2-16-11)15-4-11;3-2(4,5)1(6)7/h3,5,7,15-16H,1-2,4H2;(H,6,7). The minimum atomic E-state index is -5.08. The summed E-state index contributed by atoms with van der Waals surface area (Å²) in [5, 5.41) is 21.9. The summed E-state index contributed by atoms with van der Waals surface area (Å²) in [6, 6.07) is 0.483. The van der Waals surface area contributed by atoms with Crippen LogP contribution in [-0.2, 0) is 10.3 Å². The van der Waals surface area contributed by atoms with Gasteiger partial charge in [0.1, 0.15) is 9.88 Å². The molecule has 8 nitrogen and oxygen atoms in total. The van der Waals surface area contributed by atoms with Gasteiger partial charge in [0.15, 0.2) is 0 Å². The molecule has 27 heavy (non-hydrogen) atoms. The fourth-order valence-corrected chi connectivity index (χ4v) is 3.75. The Labute approximate surface area is 151 Å². The topological polar surface area (TPSA) is 113 Å². The Hall–Kier alpha value is -2.19. The van der Waals surface area contributed by atoms with Crippen molar-refractivity contribution >= 4 is 17.3 Å². The Balaban J connectivity index is 0.000000260. The number of carbonyl (C=O) groups is 1. The van der Waals surface area contributed by atoms with E-state index in [1.807, 2.05) is 0 Å². The molecule has 148 valence electrons. The van der Waals surface area contributed by atoms with Gasteiger partial charge in [0.2, 0.25) is 0 Å². The molecule has 4 heterocycles. The zero-order valence-corrected chi connectivity index (χ0v) is 14.1. The number of hydrogen-bond acceptors (Lipinski definition) is 8. The lowest BCUT2D eigenvalue weighted by molar-refractivity contribution is -0.192. The molecule has 0 radical (unpaired) electrons. The lowest BCUT2D eigenvalue weighted by Crippen LogP contribution is -2.47. The van der Waals surface area contributed by atoms with Gasteiger partial charge < -0.3 is 20.2 Å². The third-order valence-corrected chi connectivity index (χ3v) is 5.16. The van der Waals surface area contributed by atoms with E-state index < -0.39 is 24.5 Å². The minimum absolute atomic E-state index is 0.0981. The van der Waals surface area contributed by atoms with Gasteiger partial charge in [-0.1, -0.05) is 0 Å². The molecule has 2 saturated heterocycles. The van der Waals surface area contributed by atoms with Gasteiger partial charge in [-0.15, -0.1) is 21.5 Å². The first-order chi connectivity index (χ1) is 12.6. The molecule has 0 spiro atoms. The molecule has 0 amide bonds. The molecule has 2 bridgehead atoms. The lowest BCUT2D eigenvalue weighted by Gasteiger charge is -2.25. The third kappa shape index (κ3) is 4.06. The smallest absolute Gasteiger partial charge is 0.475 e. The highest BCUT2D eigenvalue weighted by atomic mass is 32.1. The summed E-state index contributed by atoms with van der Waals surface area (Å²) in [5.74, 6) is -3.32. The van der Waals surface area contributed by atoms with E-state index in [1.165, 1.54) is 11.3 Å². The van der Waals surface area contributed by atoms with Crippen LogP contribution in [0.3, 0.4) is 0 Å². The van der Waals surface area contributed by atoms with Crippen LogP contribution in [-0.4, -0.2) is 51.6 Å². The summed E-state index contributed by atoms with van der Waals surface area (Å²) < 4.78 is 61.6. The molecule has 2 aliphatic rings. The van der Waals surface area contributed by atoms with Crippen LogP contribution in [0.15, 0.2) is 10.6 Å². The van der Waals surface area contributed by atoms with E-state index in [2.05, 4.69) is 25.8 Å². The van der Waals surface area contributed by atoms with Crippen molar-refractivity contribution in [3.05, 3.63) is 17.1 Å². The fraction of sp³-hybridized carbons (Fsp3) is 0.538. The quantitative estimate of drug-likeness (QED) is 0.655. The maximum Gasteiger partial charge on any atom is 0.490 e. The van der Waals surface area contributed by atoms with Gasteiger partial charge in [0, 0.05) is 19.1 Å². The van der Waals surface area contributed by atoms with E-state index in [9.17, 15) is 22.0 Å². The number of nitrogens with zero attached hydrogens (tertiary/aromatic N) is 3. The van der Waals surface area contributed by atoms with Gasteiger partial charge in [-0.25, -0.2) is 9.78 Å². The molecule has 2 aromatic heterocycles. The van der Waals surface area contributed by atoms with E-state index in [1.54, 1.807) is 6.20 Å². The number of halogens is 5. The number of rotatable bonds is 3. The number of piperazine rings is 1. The first-order valence-electron chi connectivity index (χ1n) is 7.47. The number of carboxylic acid groups (broad SMARTS) is 1. The summed E-state index contributed by atoms with van der Waals surface area (Å²) in [4.78, 5) is 13.9. The van der Waals surface area contributed by atoms with Crippen molar-refractivity contribution in [3.8, 4) is 10.8 Å². The zero-order chi connectivity index (χ0) is 19.8. The Morgan fingerprint density at radius 1 is 1.41 bits per heavy atom. The number of fused-ring (bicyclic) bond motifs is 2. The molecule has 2 atom stereocenters. The van der Waals surface area contributed by atoms with Gasteiger partial charge in [-0.2, -0.15) is 22.0 Å². The molecular formula is C13H12F5N5O3S. The van der Waals surface area contributed by atoms with Crippen LogP contribution in [0, 0.1) is 0 Å². The van der Waals surface area contributed by atoms with E-state index >= 15 is 0 Å². The summed E-state index contributed by atoms with van der Waals surface area (Å²) in [7, 11) is 0. The number of alkyl halides is 5. The molecule has 0 aromatic carbocycles. The van der Waals surface area contributed by atoms with Gasteiger partial charge in [0.05, 0.1) is 11.7 Å². The third-order valence-electron chi connectivity index (χ3n) is 3.97. The predicted molar refractivity (Wildman–Crippen MR) is 80.1 cm³/mol. The SMILES string of the molecule is FC(F)c1nnc(-c2cnc(C34CNC(CN3)C4)s2)o1.O=C(O)C(F)(F)F. The summed E-state index contributed by atoms with van der Waals surface area (Å²) in [6.45, 7) is 1.75. The van der Waals surface area contributed by atoms with Gasteiger partial charge in [0.25, 0.3) is 11.8 Å². The molecule has 2 fully saturated rings. The van der Waals surface area contributed by atoms with Crippen LogP contribution in [0.4, 0.5) is 22.0 Å². The molecule has 0 saturated carbocycles. The van der Waals surface area contributed by atoms with E-state index in [0.717, 1.165) is 24.5 Å². The lowest BCUT2D eigenvalue weighted by atomic mass is 10.0. The highest BCUT2D eigenvalue weighted by molar-refractivity contribution is 7.15. The molecule has 0 aliphatic carbocycles. The fourth-order valence-electron chi connectivity index (χ4n) is 2.74. The number of thiazole rings is 1. The first-order valence-corrected chi connectivity index (χ1v) is 8.29. The van der Waals surface area contributed by atoms with Crippen molar-refractivity contribution in [3.63, 3.8) is 0 Å². The molecule has 14 heteroatoms. The van der Waals surface area contributed by atoms with Crippen LogP contribution in [0.5, 0.6) is 0 Å². The molecule has 2 aliphatic heterocycles. The summed E-state index contributed by atoms with van der Waals surface area (Å²) >= 11 is 1.40. The minimum Gasteiger partial charge on any atom is -0.475 e. The Kier molecular flexibility index (Phi) is 5.14. The van der Waals surface area contributed by atoms with Crippen molar-refractivity contribution in [1.82, 2.24) is 25.8 Å². The largest absolute Gasteiger partial charge is 0.490 e. The second-order valence-electron chi connectivity index (χ2n) is 5.82. The maximum absolute atomic E-state index is 12.4. The first kappa shape index (κ1) is 19.6. The van der Waals surface area contributed by atoms with Crippen LogP contribution >= 0.6 is 11.3 Å². The molecule has 4 rings (SSSR count). The van der Waals surface area contributed by atoms with Crippen LogP contribution in [0.2, 0.25) is 0 Å². The Morgan fingerprint density at radius 2 is 2.11 bits per heavy atom. The number of nitrogens with one attached hydrogen (secondary N) is 2. The van der Waals surface area contributed by atoms with Crippen molar-refractivity contribution in [2.45, 2.75) is 30.6 Å². The second kappa shape index (κ2) is 7.09. The molecule has 3 N–H and O–H groups in total. The number of carboxylic acids is 1. The molecule has 2 aromatic rings. The average Bonchev–Trinajstić information content (AvgIpc) is 3.35. The van der Waals surface area contributed by atoms with E-state index in [0.29, 0.717) is 10.9 Å². The zero-order valence-electron chi connectivity index (χ0n) is 13.3. The molecular weight excluding hydrogens is 401 g/mol. The monoisotopic (exact) mass is 413 g/mol. The van der Waals surface area contributed by atoms with Gasteiger partial charge in [-0.05, 0) is 6.42 Å². The maximum atomic E-state index is 12.4. The number of aliphatic carboxylic acids is 1. The van der Waals surface area contributed by atoms with Gasteiger partial charge in [-0.3, -0.25) is 0 Å². The van der Waals surface area contributed by atoms with Crippen molar-refractivity contribution in [2.24, 2.45) is 0 Å². The van der Waals surface area contributed by atoms with Crippen LogP contribution < -0.4 is 10.6 Å². The summed E-state index contributed by atoms with van der Waals surface area (Å²) in [5.41, 5.74) is -0.140. The summed E-state index contributed by atoms with van der Waals surface area (Å²) in [6.07, 6.45) is -5.24. The van der Waals surface area contributed by atoms with Crippen molar-refractivity contribution in [1.29, 1.82) is 0 Å². The van der Waals surface area contributed by atoms with E-state index in [-0.39, 0.29) is 11.4 Å². The Bertz CT molecular complexity index is 815. The predicted octanol–water partition coefficient (Wildman–Crippen LogP) is 1.92. The average molecular weight is 413 g/mol. The Morgan fingerprint density at radius 3 is 2.56 bits per heavy atom. The molecule has 2 unspecified atom stereocenters. The highest BCUT2D eigenvalue weighted by Gasteiger charge is 2.47. The van der Waals surface area contributed by atoms with Crippen molar-refractivity contribution in [2.75, 3.05) is 13.1 Å². The van der Waals surface area contributed by atoms with Crippen LogP contribution in [0.1, 0.15) is 23.7 Å². The number of aromatic nitrogens is 3. The highest BCUT2D eigenvalue weighted by Crippen LogP contribution is 2.39. The van der Waals surface area contributed by atoms with Crippen molar-refractivity contribution < 1.29 is 36.3 Å². The van der Waals surface area contributed by atoms with Gasteiger partial charge >= 0.3 is 18.6 Å². The normalized spacial score (nSPS) is 24.1. The van der Waals surface area contributed by atoms with Crippen LogP contribution in [0.25, 0.3) is 10.8 Å².